The van der Waals surface area contributed by atoms with Crippen molar-refractivity contribution < 1.29 is 12.8 Å². The van der Waals surface area contributed by atoms with E-state index in [1.165, 1.54) is 12.1 Å². The molecule has 6 nitrogen and oxygen atoms in total. The van der Waals surface area contributed by atoms with Gasteiger partial charge in [-0.1, -0.05) is 17.7 Å². The largest absolute Gasteiger partial charge is 0.356 e. The third-order valence-electron chi connectivity index (χ3n) is 3.78. The van der Waals surface area contributed by atoms with Gasteiger partial charge in [-0.05, 0) is 52.7 Å². The van der Waals surface area contributed by atoms with Crippen LogP contribution in [0.4, 0.5) is 10.2 Å². The topological polar surface area (TPSA) is 87.7 Å². The Morgan fingerprint density at radius 1 is 1.30 bits per heavy atom. The molecule has 0 unspecified atom stereocenters. The fraction of sp³-hybridized carbons (Fsp3) is 0.176. The Bertz CT molecular complexity index is 1090. The van der Waals surface area contributed by atoms with E-state index >= 15 is 0 Å². The van der Waals surface area contributed by atoms with Crippen LogP contribution in [0.2, 0.25) is 5.02 Å². The molecule has 2 N–H and O–H groups in total. The second kappa shape index (κ2) is 7.57. The smallest absolute Gasteiger partial charge is 0.194 e. The summed E-state index contributed by atoms with van der Waals surface area (Å²) in [5.41, 5.74) is 1.01. The van der Waals surface area contributed by atoms with Gasteiger partial charge in [0.1, 0.15) is 23.5 Å². The first kappa shape index (κ1) is 19.8. The number of sulfone groups is 1. The molecule has 3 rings (SSSR count). The van der Waals surface area contributed by atoms with Crippen LogP contribution in [0.3, 0.4) is 0 Å². The van der Waals surface area contributed by atoms with Crippen molar-refractivity contribution in [2.45, 2.75) is 18.0 Å². The van der Waals surface area contributed by atoms with Crippen molar-refractivity contribution in [3.8, 4) is 0 Å². The summed E-state index contributed by atoms with van der Waals surface area (Å²) < 4.78 is 38.3. The molecule has 2 heterocycles. The number of nitrogens with one attached hydrogen (secondary N) is 2. The first-order valence-electron chi connectivity index (χ1n) is 7.75. The Morgan fingerprint density at radius 2 is 2.04 bits per heavy atom. The predicted octanol–water partition coefficient (Wildman–Crippen LogP) is 4.27. The second-order valence-electron chi connectivity index (χ2n) is 5.94. The van der Waals surface area contributed by atoms with E-state index < -0.39 is 21.7 Å². The van der Waals surface area contributed by atoms with Crippen molar-refractivity contribution in [2.24, 2.45) is 0 Å². The number of H-pyrrole nitrogens is 1. The summed E-state index contributed by atoms with van der Waals surface area (Å²) >= 11 is 9.25. The molecule has 142 valence electrons. The van der Waals surface area contributed by atoms with Crippen LogP contribution in [-0.2, 0) is 9.84 Å². The van der Waals surface area contributed by atoms with Gasteiger partial charge in [0.25, 0.3) is 0 Å². The standard InChI is InChI=1S/C17H15BrClFN4O2S/c1-9-17(27(2,25)26)24-16(22-9)15(10-3-5-13(20)12(19)7-10)23-14-6-4-11(18)8-21-14/h3-8,15H,1-2H3,(H,21,23)(H,22,24)/t15-/m1/s1. The maximum atomic E-state index is 13.6. The highest BCUT2D eigenvalue weighted by Crippen LogP contribution is 2.29. The number of halogens is 3. The number of rotatable bonds is 5. The first-order chi connectivity index (χ1) is 12.6. The number of aromatic nitrogens is 3. The summed E-state index contributed by atoms with van der Waals surface area (Å²) in [5, 5.41) is 3.09. The number of nitrogens with zero attached hydrogens (tertiary/aromatic N) is 2. The highest BCUT2D eigenvalue weighted by molar-refractivity contribution is 9.10. The number of imidazole rings is 1. The highest BCUT2D eigenvalue weighted by Gasteiger charge is 2.24. The molecule has 0 spiro atoms. The number of pyridine rings is 1. The molecule has 0 aliphatic heterocycles. The molecule has 0 saturated heterocycles. The average molecular weight is 474 g/mol. The number of benzene rings is 1. The number of hydrogen-bond acceptors (Lipinski definition) is 5. The molecule has 2 aromatic heterocycles. The summed E-state index contributed by atoms with van der Waals surface area (Å²) in [5.74, 6) is 0.326. The predicted molar refractivity (Wildman–Crippen MR) is 105 cm³/mol. The lowest BCUT2D eigenvalue weighted by Crippen LogP contribution is -2.15. The van der Waals surface area contributed by atoms with Crippen LogP contribution in [0.5, 0.6) is 0 Å². The number of aryl methyl sites for hydroxylation is 1. The molecular weight excluding hydrogens is 459 g/mol. The van der Waals surface area contributed by atoms with E-state index in [1.54, 1.807) is 31.3 Å². The lowest BCUT2D eigenvalue weighted by molar-refractivity contribution is 0.597. The summed E-state index contributed by atoms with van der Waals surface area (Å²) in [4.78, 5) is 11.5. The van der Waals surface area contributed by atoms with Crippen LogP contribution in [0.15, 0.2) is 46.0 Å². The molecule has 3 aromatic rings. The molecule has 1 atom stereocenters. The Hall–Kier alpha value is -1.97. The van der Waals surface area contributed by atoms with Crippen LogP contribution in [0.1, 0.15) is 23.1 Å². The fourth-order valence-corrected chi connectivity index (χ4v) is 3.87. The SMILES string of the molecule is Cc1[nH]c([C@H](Nc2ccc(Br)cn2)c2ccc(F)c(Cl)c2)nc1S(C)(=O)=O. The van der Waals surface area contributed by atoms with Gasteiger partial charge in [0.2, 0.25) is 0 Å². The van der Waals surface area contributed by atoms with Gasteiger partial charge in [-0.25, -0.2) is 22.8 Å². The average Bonchev–Trinajstić information content (AvgIpc) is 2.99. The monoisotopic (exact) mass is 472 g/mol. The van der Waals surface area contributed by atoms with E-state index in [0.717, 1.165) is 10.7 Å². The lowest BCUT2D eigenvalue weighted by atomic mass is 10.1. The van der Waals surface area contributed by atoms with E-state index in [-0.39, 0.29) is 10.0 Å². The quantitative estimate of drug-likeness (QED) is 0.578. The molecule has 10 heteroatoms. The summed E-state index contributed by atoms with van der Waals surface area (Å²) in [6, 6.07) is 7.19. The van der Waals surface area contributed by atoms with E-state index in [0.29, 0.717) is 22.9 Å². The van der Waals surface area contributed by atoms with Crippen LogP contribution >= 0.6 is 27.5 Å². The molecule has 0 saturated carbocycles. The zero-order valence-electron chi connectivity index (χ0n) is 14.3. The summed E-state index contributed by atoms with van der Waals surface area (Å²) in [6.07, 6.45) is 2.71. The molecule has 1 aromatic carbocycles. The van der Waals surface area contributed by atoms with Crippen LogP contribution < -0.4 is 5.32 Å². The maximum absolute atomic E-state index is 13.6. The zero-order chi connectivity index (χ0) is 19.8. The van der Waals surface area contributed by atoms with Gasteiger partial charge in [-0.15, -0.1) is 0 Å². The normalized spacial score (nSPS) is 12.8. The Labute approximate surface area is 169 Å². The minimum absolute atomic E-state index is 0.0405. The highest BCUT2D eigenvalue weighted by atomic mass is 79.9. The molecular formula is C17H15BrClFN4O2S. The van der Waals surface area contributed by atoms with Crippen LogP contribution in [0.25, 0.3) is 0 Å². The van der Waals surface area contributed by atoms with Gasteiger partial charge in [-0.3, -0.25) is 0 Å². The zero-order valence-corrected chi connectivity index (χ0v) is 17.5. The Balaban J connectivity index is 2.09. The van der Waals surface area contributed by atoms with Crippen molar-refractivity contribution in [2.75, 3.05) is 11.6 Å². The third kappa shape index (κ3) is 4.48. The molecule has 0 aliphatic carbocycles. The van der Waals surface area contributed by atoms with E-state index in [2.05, 4.69) is 36.2 Å². The van der Waals surface area contributed by atoms with Gasteiger partial charge < -0.3 is 10.3 Å². The minimum Gasteiger partial charge on any atom is -0.356 e. The van der Waals surface area contributed by atoms with Crippen molar-refractivity contribution in [1.29, 1.82) is 0 Å². The van der Waals surface area contributed by atoms with Gasteiger partial charge >= 0.3 is 0 Å². The van der Waals surface area contributed by atoms with Gasteiger partial charge in [-0.2, -0.15) is 0 Å². The molecule has 27 heavy (non-hydrogen) atoms. The number of anilines is 1. The van der Waals surface area contributed by atoms with Crippen molar-refractivity contribution in [3.05, 3.63) is 68.9 Å². The number of hydrogen-bond donors (Lipinski definition) is 2. The van der Waals surface area contributed by atoms with E-state index in [4.69, 9.17) is 11.6 Å². The number of aromatic amines is 1. The first-order valence-corrected chi connectivity index (χ1v) is 10.8. The van der Waals surface area contributed by atoms with Gasteiger partial charge in [0, 0.05) is 16.9 Å². The van der Waals surface area contributed by atoms with E-state index in [9.17, 15) is 12.8 Å². The Morgan fingerprint density at radius 3 is 2.59 bits per heavy atom. The Kier molecular flexibility index (Phi) is 5.55. The maximum Gasteiger partial charge on any atom is 0.194 e. The minimum atomic E-state index is -3.50. The lowest BCUT2D eigenvalue weighted by Gasteiger charge is -2.18. The molecule has 0 aliphatic rings. The second-order valence-corrected chi connectivity index (χ2v) is 9.19. The van der Waals surface area contributed by atoms with Crippen LogP contribution in [0, 0.1) is 12.7 Å². The van der Waals surface area contributed by atoms with Crippen molar-refractivity contribution in [1.82, 2.24) is 15.0 Å². The summed E-state index contributed by atoms with van der Waals surface area (Å²) in [7, 11) is -3.50. The summed E-state index contributed by atoms with van der Waals surface area (Å²) in [6.45, 7) is 1.62. The molecule has 0 radical (unpaired) electrons. The third-order valence-corrected chi connectivity index (χ3v) is 5.64. The van der Waals surface area contributed by atoms with Crippen molar-refractivity contribution >= 4 is 43.2 Å². The molecule has 0 fully saturated rings. The fourth-order valence-electron chi connectivity index (χ4n) is 2.58. The van der Waals surface area contributed by atoms with Crippen LogP contribution in [-0.4, -0.2) is 29.6 Å². The van der Waals surface area contributed by atoms with Gasteiger partial charge in [0.05, 0.1) is 10.7 Å². The van der Waals surface area contributed by atoms with Gasteiger partial charge in [0.15, 0.2) is 14.9 Å². The van der Waals surface area contributed by atoms with E-state index in [1.807, 2.05) is 0 Å². The van der Waals surface area contributed by atoms with Crippen molar-refractivity contribution in [3.63, 3.8) is 0 Å². The molecule has 0 bridgehead atoms. The molecule has 0 amide bonds.